The van der Waals surface area contributed by atoms with Gasteiger partial charge in [0.05, 0.1) is 18.4 Å². The zero-order valence-corrected chi connectivity index (χ0v) is 16.2. The summed E-state index contributed by atoms with van der Waals surface area (Å²) in [6, 6.07) is 0. The van der Waals surface area contributed by atoms with Crippen molar-refractivity contribution in [2.45, 2.75) is 58.8 Å². The molecule has 2 fully saturated rings. The maximum Gasteiger partial charge on any atom is 0.251 e. The number of carbonyl (C=O) groups excluding carboxylic acids is 1. The number of ether oxygens (including phenoxy) is 2. The van der Waals surface area contributed by atoms with Gasteiger partial charge in [-0.05, 0) is 40.0 Å². The number of aryl methyl sites for hydroxylation is 2. The quantitative estimate of drug-likeness (QED) is 0.767. The lowest BCUT2D eigenvalue weighted by Gasteiger charge is -2.36. The van der Waals surface area contributed by atoms with E-state index in [4.69, 9.17) is 14.0 Å². The van der Waals surface area contributed by atoms with Crippen molar-refractivity contribution in [1.29, 1.82) is 0 Å². The summed E-state index contributed by atoms with van der Waals surface area (Å²) >= 11 is 0. The topological polar surface area (TPSA) is 68.0 Å². The van der Waals surface area contributed by atoms with Crippen LogP contribution in [0.25, 0.3) is 0 Å². The van der Waals surface area contributed by atoms with Gasteiger partial charge in [0, 0.05) is 44.9 Å². The average Bonchev–Trinajstić information content (AvgIpc) is 2.99. The van der Waals surface area contributed by atoms with E-state index in [0.717, 1.165) is 69.2 Å². The molecule has 2 saturated heterocycles. The summed E-state index contributed by atoms with van der Waals surface area (Å²) in [7, 11) is 0. The third-order valence-corrected chi connectivity index (χ3v) is 5.40. The number of piperazine rings is 1. The van der Waals surface area contributed by atoms with Crippen molar-refractivity contribution in [1.82, 2.24) is 15.0 Å². The molecule has 0 aromatic carbocycles. The zero-order chi connectivity index (χ0) is 18.5. The number of amides is 1. The number of aromatic nitrogens is 1. The van der Waals surface area contributed by atoms with E-state index in [1.54, 1.807) is 0 Å². The second-order valence-corrected chi connectivity index (χ2v) is 7.37. The van der Waals surface area contributed by atoms with Crippen LogP contribution in [0.3, 0.4) is 0 Å². The smallest absolute Gasteiger partial charge is 0.251 e. The lowest BCUT2D eigenvalue weighted by molar-refractivity contribution is -0.147. The molecule has 0 N–H and O–H groups in total. The Balaban J connectivity index is 1.41. The number of rotatable bonds is 6. The Morgan fingerprint density at radius 3 is 2.65 bits per heavy atom. The molecule has 1 amide bonds. The van der Waals surface area contributed by atoms with Crippen molar-refractivity contribution in [3.8, 4) is 0 Å². The minimum absolute atomic E-state index is 0.0813. The highest BCUT2D eigenvalue weighted by atomic mass is 16.5. The third-order valence-electron chi connectivity index (χ3n) is 5.40. The summed E-state index contributed by atoms with van der Waals surface area (Å²) in [6.07, 6.45) is 3.08. The second-order valence-electron chi connectivity index (χ2n) is 7.37. The van der Waals surface area contributed by atoms with E-state index in [9.17, 15) is 4.79 Å². The Hall–Kier alpha value is -1.44. The highest BCUT2D eigenvalue weighted by molar-refractivity contribution is 5.80. The highest BCUT2D eigenvalue weighted by Gasteiger charge is 2.27. The lowest BCUT2D eigenvalue weighted by Crippen LogP contribution is -2.51. The van der Waals surface area contributed by atoms with Crippen LogP contribution in [0.15, 0.2) is 4.52 Å². The molecule has 2 aliphatic rings. The summed E-state index contributed by atoms with van der Waals surface area (Å²) in [5.74, 6) is 0.964. The number of nitrogens with zero attached hydrogens (tertiary/aromatic N) is 3. The fourth-order valence-corrected chi connectivity index (χ4v) is 3.60. The third kappa shape index (κ3) is 4.84. The highest BCUT2D eigenvalue weighted by Crippen LogP contribution is 2.17. The predicted octanol–water partition coefficient (Wildman–Crippen LogP) is 1.91. The minimum atomic E-state index is -0.408. The second kappa shape index (κ2) is 8.97. The fraction of sp³-hybridized carbons (Fsp3) is 0.789. The van der Waals surface area contributed by atoms with E-state index in [-0.39, 0.29) is 12.0 Å². The van der Waals surface area contributed by atoms with Gasteiger partial charge in [-0.2, -0.15) is 0 Å². The lowest BCUT2D eigenvalue weighted by atomic mass is 10.1. The zero-order valence-electron chi connectivity index (χ0n) is 16.2. The molecule has 0 saturated carbocycles. The molecular weight excluding hydrogens is 334 g/mol. The summed E-state index contributed by atoms with van der Waals surface area (Å²) in [5.41, 5.74) is 2.11. The van der Waals surface area contributed by atoms with E-state index >= 15 is 0 Å². The van der Waals surface area contributed by atoms with Crippen LogP contribution in [0, 0.1) is 13.8 Å². The molecule has 146 valence electrons. The van der Waals surface area contributed by atoms with Crippen LogP contribution in [-0.4, -0.2) is 72.5 Å². The molecular formula is C19H31N3O4. The van der Waals surface area contributed by atoms with Gasteiger partial charge < -0.3 is 18.9 Å². The Labute approximate surface area is 155 Å². The van der Waals surface area contributed by atoms with E-state index in [2.05, 4.69) is 10.1 Å². The van der Waals surface area contributed by atoms with Crippen LogP contribution in [0.4, 0.5) is 0 Å². The Morgan fingerprint density at radius 2 is 2.04 bits per heavy atom. The van der Waals surface area contributed by atoms with E-state index in [1.165, 1.54) is 6.42 Å². The van der Waals surface area contributed by atoms with Crippen LogP contribution in [0.2, 0.25) is 0 Å². The molecule has 7 heteroatoms. The van der Waals surface area contributed by atoms with Gasteiger partial charge in [0.2, 0.25) is 0 Å². The van der Waals surface area contributed by atoms with Gasteiger partial charge in [-0.1, -0.05) is 5.16 Å². The summed E-state index contributed by atoms with van der Waals surface area (Å²) in [5, 5.41) is 4.01. The van der Waals surface area contributed by atoms with Gasteiger partial charge in [-0.15, -0.1) is 0 Å². The maximum absolute atomic E-state index is 12.6. The molecule has 0 radical (unpaired) electrons. The van der Waals surface area contributed by atoms with Crippen LogP contribution in [0.5, 0.6) is 0 Å². The number of hydrogen-bond acceptors (Lipinski definition) is 6. The van der Waals surface area contributed by atoms with Crippen molar-refractivity contribution in [2.75, 3.05) is 39.4 Å². The summed E-state index contributed by atoms with van der Waals surface area (Å²) < 4.78 is 16.7. The summed E-state index contributed by atoms with van der Waals surface area (Å²) in [4.78, 5) is 16.9. The van der Waals surface area contributed by atoms with Crippen LogP contribution in [0.1, 0.15) is 43.2 Å². The number of hydrogen-bond donors (Lipinski definition) is 0. The SMILES string of the molecule is Cc1noc(C)c1CN1CCN(C(=O)C(C)OCC2CCCCO2)CC1. The molecule has 0 bridgehead atoms. The molecule has 1 aromatic rings. The van der Waals surface area contributed by atoms with Crippen molar-refractivity contribution in [3.05, 3.63) is 17.0 Å². The van der Waals surface area contributed by atoms with Crippen LogP contribution in [-0.2, 0) is 20.8 Å². The first-order valence-corrected chi connectivity index (χ1v) is 9.70. The first-order valence-electron chi connectivity index (χ1n) is 9.70. The van der Waals surface area contributed by atoms with Crippen LogP contribution >= 0.6 is 0 Å². The van der Waals surface area contributed by atoms with Crippen molar-refractivity contribution in [3.63, 3.8) is 0 Å². The van der Waals surface area contributed by atoms with Gasteiger partial charge in [0.15, 0.2) is 0 Å². The standard InChI is InChI=1S/C19H31N3O4/c1-14-18(15(2)26-20-14)12-21-7-9-22(10-8-21)19(23)16(3)25-13-17-6-4-5-11-24-17/h16-17H,4-13H2,1-3H3. The van der Waals surface area contributed by atoms with E-state index < -0.39 is 6.10 Å². The van der Waals surface area contributed by atoms with Crippen molar-refractivity contribution < 1.29 is 18.8 Å². The van der Waals surface area contributed by atoms with Gasteiger partial charge in [-0.25, -0.2) is 0 Å². The molecule has 2 atom stereocenters. The van der Waals surface area contributed by atoms with Crippen LogP contribution < -0.4 is 0 Å². The average molecular weight is 365 g/mol. The largest absolute Gasteiger partial charge is 0.376 e. The normalized spacial score (nSPS) is 23.2. The predicted molar refractivity (Wildman–Crippen MR) is 96.8 cm³/mol. The van der Waals surface area contributed by atoms with Gasteiger partial charge >= 0.3 is 0 Å². The van der Waals surface area contributed by atoms with E-state index in [1.807, 2.05) is 25.7 Å². The maximum atomic E-state index is 12.6. The fourth-order valence-electron chi connectivity index (χ4n) is 3.60. The van der Waals surface area contributed by atoms with Gasteiger partial charge in [0.25, 0.3) is 5.91 Å². The Kier molecular flexibility index (Phi) is 6.67. The summed E-state index contributed by atoms with van der Waals surface area (Å²) in [6.45, 7) is 11.1. The molecule has 2 aliphatic heterocycles. The molecule has 2 unspecified atom stereocenters. The molecule has 0 spiro atoms. The number of carbonyl (C=O) groups is 1. The Bertz CT molecular complexity index is 570. The van der Waals surface area contributed by atoms with Crippen molar-refractivity contribution in [2.24, 2.45) is 0 Å². The van der Waals surface area contributed by atoms with Gasteiger partial charge in [-0.3, -0.25) is 9.69 Å². The molecule has 3 rings (SSSR count). The first-order chi connectivity index (χ1) is 12.5. The molecule has 3 heterocycles. The molecule has 1 aromatic heterocycles. The monoisotopic (exact) mass is 365 g/mol. The van der Waals surface area contributed by atoms with Gasteiger partial charge in [0.1, 0.15) is 11.9 Å². The molecule has 0 aliphatic carbocycles. The molecule has 26 heavy (non-hydrogen) atoms. The Morgan fingerprint density at radius 1 is 1.27 bits per heavy atom. The van der Waals surface area contributed by atoms with Crippen molar-refractivity contribution >= 4 is 5.91 Å². The first kappa shape index (κ1) is 19.3. The minimum Gasteiger partial charge on any atom is -0.376 e. The van der Waals surface area contributed by atoms with E-state index in [0.29, 0.717) is 6.61 Å². The molecule has 7 nitrogen and oxygen atoms in total.